The molecule has 0 amide bonds. The normalized spacial score (nSPS) is 20.3. The molecule has 0 unspecified atom stereocenters. The Bertz CT molecular complexity index is 1160. The smallest absolute Gasteiger partial charge is 0.311 e. The molecule has 1 aliphatic carbocycles. The van der Waals surface area contributed by atoms with Crippen LogP contribution < -0.4 is 5.32 Å². The first kappa shape index (κ1) is 21.9. The standard InChI is InChI=1S/C26H20ClF2NO2/c27-20-13-7-8-14-21(20)30-22-15-16-23(31)25(22,19-11-5-2-6-12-19)17-26(28,29)24(32)18-9-3-1-4-10-18/h1-16,22,30H,17H2/t22-,25-/m1/s1. The number of nitrogens with one attached hydrogen (secondary N) is 1. The van der Waals surface area contributed by atoms with Gasteiger partial charge < -0.3 is 5.32 Å². The fourth-order valence-corrected chi connectivity index (χ4v) is 4.34. The lowest BCUT2D eigenvalue weighted by Gasteiger charge is -2.37. The van der Waals surface area contributed by atoms with Gasteiger partial charge in [0.2, 0.25) is 5.78 Å². The summed E-state index contributed by atoms with van der Waals surface area (Å²) in [6.45, 7) is 0. The quantitative estimate of drug-likeness (QED) is 0.441. The molecule has 2 atom stereocenters. The highest BCUT2D eigenvalue weighted by molar-refractivity contribution is 6.33. The van der Waals surface area contributed by atoms with Gasteiger partial charge in [-0.2, -0.15) is 8.78 Å². The molecule has 3 aromatic carbocycles. The number of hydrogen-bond acceptors (Lipinski definition) is 3. The molecule has 162 valence electrons. The number of allylic oxidation sites excluding steroid dienone is 1. The van der Waals surface area contributed by atoms with Crippen LogP contribution in [-0.2, 0) is 10.2 Å². The number of halogens is 3. The maximum absolute atomic E-state index is 15.5. The molecule has 0 saturated carbocycles. The molecule has 0 radical (unpaired) electrons. The Morgan fingerprint density at radius 2 is 1.53 bits per heavy atom. The minimum absolute atomic E-state index is 0.102. The zero-order chi connectivity index (χ0) is 22.8. The second-order valence-corrected chi connectivity index (χ2v) is 8.15. The fourth-order valence-electron chi connectivity index (χ4n) is 4.15. The van der Waals surface area contributed by atoms with Crippen molar-refractivity contribution in [2.75, 3.05) is 5.32 Å². The minimum Gasteiger partial charge on any atom is -0.376 e. The van der Waals surface area contributed by atoms with Crippen LogP contribution in [0.3, 0.4) is 0 Å². The number of anilines is 1. The zero-order valence-electron chi connectivity index (χ0n) is 17.0. The van der Waals surface area contributed by atoms with E-state index in [2.05, 4.69) is 5.32 Å². The lowest BCUT2D eigenvalue weighted by Crippen LogP contribution is -2.51. The van der Waals surface area contributed by atoms with Crippen LogP contribution in [0.25, 0.3) is 0 Å². The highest BCUT2D eigenvalue weighted by Gasteiger charge is 2.56. The minimum atomic E-state index is -3.78. The summed E-state index contributed by atoms with van der Waals surface area (Å²) >= 11 is 6.27. The van der Waals surface area contributed by atoms with Crippen LogP contribution in [-0.4, -0.2) is 23.5 Å². The van der Waals surface area contributed by atoms with E-state index in [1.165, 1.54) is 30.3 Å². The van der Waals surface area contributed by atoms with Gasteiger partial charge >= 0.3 is 5.92 Å². The number of carbonyl (C=O) groups excluding carboxylic acids is 2. The maximum atomic E-state index is 15.5. The second-order valence-electron chi connectivity index (χ2n) is 7.74. The third kappa shape index (κ3) is 3.96. The summed E-state index contributed by atoms with van der Waals surface area (Å²) in [7, 11) is 0. The topological polar surface area (TPSA) is 46.2 Å². The van der Waals surface area contributed by atoms with Gasteiger partial charge in [0.15, 0.2) is 5.78 Å². The molecule has 0 aromatic heterocycles. The van der Waals surface area contributed by atoms with Crippen molar-refractivity contribution < 1.29 is 18.4 Å². The third-order valence-electron chi connectivity index (χ3n) is 5.75. The van der Waals surface area contributed by atoms with Crippen molar-refractivity contribution >= 4 is 28.9 Å². The van der Waals surface area contributed by atoms with E-state index in [4.69, 9.17) is 11.6 Å². The number of ketones is 2. The van der Waals surface area contributed by atoms with E-state index in [1.54, 1.807) is 66.7 Å². The Balaban J connectivity index is 1.78. The van der Waals surface area contributed by atoms with Gasteiger partial charge in [0.05, 0.1) is 22.2 Å². The summed E-state index contributed by atoms with van der Waals surface area (Å²) in [6, 6.07) is 21.8. The molecule has 3 aromatic rings. The summed E-state index contributed by atoms with van der Waals surface area (Å²) in [4.78, 5) is 25.9. The van der Waals surface area contributed by atoms with E-state index in [9.17, 15) is 9.59 Å². The molecule has 1 aliphatic rings. The molecule has 0 bridgehead atoms. The van der Waals surface area contributed by atoms with Crippen LogP contribution in [0.15, 0.2) is 97.1 Å². The molecule has 0 spiro atoms. The monoisotopic (exact) mass is 451 g/mol. The fraction of sp³-hybridized carbons (Fsp3) is 0.154. The van der Waals surface area contributed by atoms with Crippen molar-refractivity contribution in [3.8, 4) is 0 Å². The van der Waals surface area contributed by atoms with Gasteiger partial charge in [-0.3, -0.25) is 9.59 Å². The van der Waals surface area contributed by atoms with Crippen molar-refractivity contribution in [3.63, 3.8) is 0 Å². The van der Waals surface area contributed by atoms with Gasteiger partial charge in [0.25, 0.3) is 0 Å². The average Bonchev–Trinajstić information content (AvgIpc) is 3.11. The molecule has 4 rings (SSSR count). The van der Waals surface area contributed by atoms with E-state index >= 15 is 8.78 Å². The molecular weight excluding hydrogens is 432 g/mol. The summed E-state index contributed by atoms with van der Waals surface area (Å²) in [6.07, 6.45) is 1.87. The van der Waals surface area contributed by atoms with Crippen LogP contribution in [0.5, 0.6) is 0 Å². The molecule has 0 fully saturated rings. The van der Waals surface area contributed by atoms with Gasteiger partial charge in [-0.15, -0.1) is 0 Å². The largest absolute Gasteiger partial charge is 0.376 e. The highest BCUT2D eigenvalue weighted by Crippen LogP contribution is 2.45. The molecule has 0 saturated heterocycles. The number of rotatable bonds is 7. The van der Waals surface area contributed by atoms with E-state index in [-0.39, 0.29) is 5.56 Å². The highest BCUT2D eigenvalue weighted by atomic mass is 35.5. The molecule has 0 aliphatic heterocycles. The van der Waals surface area contributed by atoms with Gasteiger partial charge in [-0.1, -0.05) is 90.5 Å². The molecule has 1 N–H and O–H groups in total. The Morgan fingerprint density at radius 3 is 2.19 bits per heavy atom. The summed E-state index contributed by atoms with van der Waals surface area (Å²) in [5.41, 5.74) is -0.875. The molecular formula is C26H20ClF2NO2. The number of para-hydroxylation sites is 1. The van der Waals surface area contributed by atoms with Gasteiger partial charge in [-0.05, 0) is 23.8 Å². The molecule has 6 heteroatoms. The van der Waals surface area contributed by atoms with Crippen LogP contribution in [0.1, 0.15) is 22.3 Å². The second kappa shape index (κ2) is 8.67. The van der Waals surface area contributed by atoms with Crippen LogP contribution >= 0.6 is 11.6 Å². The summed E-state index contributed by atoms with van der Waals surface area (Å²) < 4.78 is 30.9. The van der Waals surface area contributed by atoms with Gasteiger partial charge in [0, 0.05) is 12.0 Å². The number of carbonyl (C=O) groups is 2. The summed E-state index contributed by atoms with van der Waals surface area (Å²) in [5.74, 6) is -5.59. The molecule has 0 heterocycles. The number of alkyl halides is 2. The lowest BCUT2D eigenvalue weighted by atomic mass is 9.69. The Hall–Kier alpha value is -3.31. The van der Waals surface area contributed by atoms with Crippen molar-refractivity contribution in [2.24, 2.45) is 0 Å². The van der Waals surface area contributed by atoms with Crippen molar-refractivity contribution in [2.45, 2.75) is 23.8 Å². The van der Waals surface area contributed by atoms with Gasteiger partial charge in [0.1, 0.15) is 0 Å². The lowest BCUT2D eigenvalue weighted by molar-refractivity contribution is -0.122. The number of Topliss-reactive ketones (excluding diaryl/α,β-unsaturated/α-hetero) is 1. The Labute approximate surface area is 189 Å². The predicted molar refractivity (Wildman–Crippen MR) is 121 cm³/mol. The first-order valence-corrected chi connectivity index (χ1v) is 10.5. The average molecular weight is 452 g/mol. The third-order valence-corrected chi connectivity index (χ3v) is 6.08. The van der Waals surface area contributed by atoms with E-state index in [1.807, 2.05) is 0 Å². The van der Waals surface area contributed by atoms with Crippen LogP contribution in [0.2, 0.25) is 5.02 Å². The Morgan fingerprint density at radius 1 is 0.938 bits per heavy atom. The zero-order valence-corrected chi connectivity index (χ0v) is 17.7. The number of hydrogen-bond donors (Lipinski definition) is 1. The van der Waals surface area contributed by atoms with Gasteiger partial charge in [-0.25, -0.2) is 0 Å². The SMILES string of the molecule is O=C(c1ccccc1)C(F)(F)C[C@]1(c2ccccc2)C(=O)C=C[C@H]1Nc1ccccc1Cl. The number of benzene rings is 3. The van der Waals surface area contributed by atoms with Crippen LogP contribution in [0, 0.1) is 0 Å². The van der Waals surface area contributed by atoms with Crippen molar-refractivity contribution in [1.29, 1.82) is 0 Å². The first-order chi connectivity index (χ1) is 15.3. The summed E-state index contributed by atoms with van der Waals surface area (Å²) in [5, 5.41) is 3.54. The van der Waals surface area contributed by atoms with E-state index in [0.717, 1.165) is 0 Å². The predicted octanol–water partition coefficient (Wildman–Crippen LogP) is 6.11. The first-order valence-electron chi connectivity index (χ1n) is 10.1. The maximum Gasteiger partial charge on any atom is 0.311 e. The van der Waals surface area contributed by atoms with E-state index in [0.29, 0.717) is 16.3 Å². The van der Waals surface area contributed by atoms with Crippen molar-refractivity contribution in [3.05, 3.63) is 113 Å². The van der Waals surface area contributed by atoms with E-state index < -0.39 is 35.4 Å². The van der Waals surface area contributed by atoms with Crippen LogP contribution in [0.4, 0.5) is 14.5 Å². The van der Waals surface area contributed by atoms with Crippen molar-refractivity contribution in [1.82, 2.24) is 0 Å². The molecule has 32 heavy (non-hydrogen) atoms. The Kier molecular flexibility index (Phi) is 5.94. The molecule has 3 nitrogen and oxygen atoms in total.